The van der Waals surface area contributed by atoms with Crippen LogP contribution in [0.3, 0.4) is 0 Å². The van der Waals surface area contributed by atoms with E-state index in [1.165, 1.54) is 0 Å². The number of unbranched alkanes of at least 4 members (excludes halogenated alkanes) is 6. The molecule has 1 N–H and O–H groups in total. The van der Waals surface area contributed by atoms with E-state index in [2.05, 4.69) is 4.18 Å². The fourth-order valence-corrected chi connectivity index (χ4v) is 2.00. The molecule has 0 aliphatic carbocycles. The lowest BCUT2D eigenvalue weighted by Crippen LogP contribution is -2.11. The van der Waals surface area contributed by atoms with Crippen molar-refractivity contribution in [2.45, 2.75) is 64.7 Å². The largest absolute Gasteiger partial charge is 0.448 e. The molecule has 0 heterocycles. The summed E-state index contributed by atoms with van der Waals surface area (Å²) in [6, 6.07) is 0. The summed E-state index contributed by atoms with van der Waals surface area (Å²) < 4.78 is 32.5. The van der Waals surface area contributed by atoms with Crippen LogP contribution in [0.15, 0.2) is 0 Å². The molecule has 0 saturated carbocycles. The molecule has 0 aliphatic rings. The quantitative estimate of drug-likeness (QED) is 0.464. The molecule has 0 spiro atoms. The Morgan fingerprint density at radius 3 is 1.74 bits per heavy atom. The lowest BCUT2D eigenvalue weighted by molar-refractivity contribution is -0.134. The van der Waals surface area contributed by atoms with Gasteiger partial charge in [-0.15, -0.1) is 0 Å². The van der Waals surface area contributed by atoms with Gasteiger partial charge in [0.25, 0.3) is 0 Å². The molecule has 7 heteroatoms. The number of rotatable bonds is 11. The second-order valence-corrected chi connectivity index (χ2v) is 5.58. The molecular weight excluding hydrogens is 272 g/mol. The highest BCUT2D eigenvalue weighted by Gasteiger charge is 2.12. The van der Waals surface area contributed by atoms with Gasteiger partial charge in [0.2, 0.25) is 0 Å². The molecule has 0 aliphatic heterocycles. The van der Waals surface area contributed by atoms with Gasteiger partial charge in [-0.25, -0.2) is 0 Å². The number of carbonyl (C=O) groups is 2. The zero-order valence-electron chi connectivity index (χ0n) is 11.3. The molecule has 112 valence electrons. The minimum absolute atomic E-state index is 0.00980. The zero-order chi connectivity index (χ0) is 14.7. The highest BCUT2D eigenvalue weighted by molar-refractivity contribution is 7.81. The van der Waals surface area contributed by atoms with Crippen LogP contribution in [0, 0.1) is 0 Å². The fourth-order valence-electron chi connectivity index (χ4n) is 1.69. The summed E-state index contributed by atoms with van der Waals surface area (Å²) in [6.45, 7) is 1.59. The molecule has 0 amide bonds. The van der Waals surface area contributed by atoms with Crippen LogP contribution in [0.5, 0.6) is 0 Å². The third-order valence-corrected chi connectivity index (χ3v) is 3.00. The Morgan fingerprint density at radius 2 is 1.32 bits per heavy atom. The molecule has 0 fully saturated rings. The van der Waals surface area contributed by atoms with Crippen LogP contribution in [-0.2, 0) is 24.2 Å². The van der Waals surface area contributed by atoms with Crippen molar-refractivity contribution in [1.29, 1.82) is 0 Å². The Bertz CT molecular complexity index is 374. The van der Waals surface area contributed by atoms with Gasteiger partial charge < -0.3 is 8.98 Å². The van der Waals surface area contributed by atoms with Crippen LogP contribution in [0.25, 0.3) is 0 Å². The van der Waals surface area contributed by atoms with Crippen molar-refractivity contribution in [2.24, 2.45) is 0 Å². The standard InChI is InChI=1S/C12H22O6S/c1-11(13)9-7-5-3-2-4-6-8-10-12(14)18-19(15,16)17/h2-10H2,1H3,(H,15,16,17). The van der Waals surface area contributed by atoms with Crippen molar-refractivity contribution < 1.29 is 26.7 Å². The summed E-state index contributed by atoms with van der Waals surface area (Å²) in [7, 11) is -4.67. The minimum Gasteiger partial charge on any atom is -0.325 e. The Labute approximate surface area is 114 Å². The summed E-state index contributed by atoms with van der Waals surface area (Å²) >= 11 is 0. The highest BCUT2D eigenvalue weighted by Crippen LogP contribution is 2.10. The second kappa shape index (κ2) is 9.91. The Balaban J connectivity index is 3.32. The predicted molar refractivity (Wildman–Crippen MR) is 69.9 cm³/mol. The van der Waals surface area contributed by atoms with Gasteiger partial charge in [-0.1, -0.05) is 32.1 Å². The van der Waals surface area contributed by atoms with Gasteiger partial charge in [0.15, 0.2) is 0 Å². The van der Waals surface area contributed by atoms with Crippen molar-refractivity contribution in [3.05, 3.63) is 0 Å². The topological polar surface area (TPSA) is 97.7 Å². The van der Waals surface area contributed by atoms with Crippen molar-refractivity contribution in [2.75, 3.05) is 0 Å². The van der Waals surface area contributed by atoms with E-state index in [0.29, 0.717) is 12.8 Å². The van der Waals surface area contributed by atoms with Crippen LogP contribution in [0.1, 0.15) is 64.7 Å². The van der Waals surface area contributed by atoms with Crippen molar-refractivity contribution in [3.63, 3.8) is 0 Å². The number of carbonyl (C=O) groups excluding carboxylic acids is 2. The summed E-state index contributed by atoms with van der Waals surface area (Å²) in [6.07, 6.45) is 6.99. The Morgan fingerprint density at radius 1 is 0.895 bits per heavy atom. The monoisotopic (exact) mass is 294 g/mol. The van der Waals surface area contributed by atoms with E-state index >= 15 is 0 Å². The molecule has 0 atom stereocenters. The minimum atomic E-state index is -4.67. The van der Waals surface area contributed by atoms with E-state index in [1.54, 1.807) is 6.92 Å². The molecule has 0 aromatic carbocycles. The molecule has 0 unspecified atom stereocenters. The van der Waals surface area contributed by atoms with E-state index in [0.717, 1.165) is 38.5 Å². The van der Waals surface area contributed by atoms with E-state index in [-0.39, 0.29) is 12.2 Å². The van der Waals surface area contributed by atoms with E-state index in [9.17, 15) is 18.0 Å². The third kappa shape index (κ3) is 15.0. The Hall–Kier alpha value is -0.950. The maximum Gasteiger partial charge on any atom is 0.448 e. The third-order valence-electron chi connectivity index (χ3n) is 2.61. The highest BCUT2D eigenvalue weighted by atomic mass is 32.3. The number of Topliss-reactive ketones (excluding diaryl/α,β-unsaturated/α-hetero) is 1. The van der Waals surface area contributed by atoms with E-state index in [4.69, 9.17) is 4.55 Å². The fraction of sp³-hybridized carbons (Fsp3) is 0.833. The van der Waals surface area contributed by atoms with Crippen molar-refractivity contribution in [1.82, 2.24) is 0 Å². The predicted octanol–water partition coefficient (Wildman–Crippen LogP) is 2.43. The van der Waals surface area contributed by atoms with Crippen molar-refractivity contribution in [3.8, 4) is 0 Å². The summed E-state index contributed by atoms with van der Waals surface area (Å²) in [4.78, 5) is 21.6. The average Bonchev–Trinajstić information content (AvgIpc) is 2.24. The number of hydrogen-bond donors (Lipinski definition) is 1. The first-order chi connectivity index (χ1) is 8.81. The van der Waals surface area contributed by atoms with E-state index in [1.807, 2.05) is 0 Å². The average molecular weight is 294 g/mol. The van der Waals surface area contributed by atoms with Gasteiger partial charge >= 0.3 is 16.4 Å². The van der Waals surface area contributed by atoms with Crippen LogP contribution in [0.2, 0.25) is 0 Å². The van der Waals surface area contributed by atoms with Gasteiger partial charge in [0.1, 0.15) is 5.78 Å². The molecule has 0 radical (unpaired) electrons. The SMILES string of the molecule is CC(=O)CCCCCCCCCC(=O)OS(=O)(=O)O. The van der Waals surface area contributed by atoms with Gasteiger partial charge in [-0.3, -0.25) is 9.35 Å². The summed E-state index contributed by atoms with van der Waals surface area (Å²) in [5.41, 5.74) is 0. The summed E-state index contributed by atoms with van der Waals surface area (Å²) in [5, 5.41) is 0. The second-order valence-electron chi connectivity index (χ2n) is 4.56. The van der Waals surface area contributed by atoms with E-state index < -0.39 is 16.4 Å². The van der Waals surface area contributed by atoms with Crippen LogP contribution in [-0.4, -0.2) is 24.7 Å². The Kier molecular flexibility index (Phi) is 9.42. The van der Waals surface area contributed by atoms with Gasteiger partial charge in [-0.2, -0.15) is 8.42 Å². The lowest BCUT2D eigenvalue weighted by Gasteiger charge is -2.02. The number of hydrogen-bond acceptors (Lipinski definition) is 5. The smallest absolute Gasteiger partial charge is 0.325 e. The normalized spacial score (nSPS) is 11.3. The first-order valence-electron chi connectivity index (χ1n) is 6.50. The molecule has 0 aromatic rings. The molecule has 0 aromatic heterocycles. The van der Waals surface area contributed by atoms with Crippen LogP contribution >= 0.6 is 0 Å². The summed E-state index contributed by atoms with van der Waals surface area (Å²) in [5.74, 6) is -0.707. The van der Waals surface area contributed by atoms with Crippen LogP contribution in [0.4, 0.5) is 0 Å². The molecular formula is C12H22O6S. The van der Waals surface area contributed by atoms with Gasteiger partial charge in [0.05, 0.1) is 0 Å². The lowest BCUT2D eigenvalue weighted by atomic mass is 10.1. The molecule has 0 bridgehead atoms. The van der Waals surface area contributed by atoms with Gasteiger partial charge in [0, 0.05) is 12.8 Å². The zero-order valence-corrected chi connectivity index (χ0v) is 12.1. The molecule has 0 rings (SSSR count). The molecule has 19 heavy (non-hydrogen) atoms. The van der Waals surface area contributed by atoms with Crippen LogP contribution < -0.4 is 0 Å². The molecule has 0 saturated heterocycles. The van der Waals surface area contributed by atoms with Gasteiger partial charge in [-0.05, 0) is 19.8 Å². The maximum absolute atomic E-state index is 10.9. The first kappa shape index (κ1) is 18.0. The van der Waals surface area contributed by atoms with Crippen molar-refractivity contribution >= 4 is 22.2 Å². The first-order valence-corrected chi connectivity index (χ1v) is 7.87. The number of ketones is 1. The molecule has 6 nitrogen and oxygen atoms in total. The maximum atomic E-state index is 10.9.